The first-order valence-electron chi connectivity index (χ1n) is 6.24. The fourth-order valence-corrected chi connectivity index (χ4v) is 2.02. The fraction of sp³-hybridized carbons (Fsp3) is 0.538. The molecule has 1 unspecified atom stereocenters. The van der Waals surface area contributed by atoms with Gasteiger partial charge in [-0.25, -0.2) is 4.79 Å². The number of hydroxylamine groups is 2. The van der Waals surface area contributed by atoms with E-state index in [0.29, 0.717) is 18.7 Å². The summed E-state index contributed by atoms with van der Waals surface area (Å²) in [4.78, 5) is 30.5. The van der Waals surface area contributed by atoms with E-state index in [0.717, 1.165) is 0 Å². The molecule has 0 saturated carbocycles. The zero-order valence-corrected chi connectivity index (χ0v) is 12.1. The van der Waals surface area contributed by atoms with Gasteiger partial charge in [-0.3, -0.25) is 9.63 Å². The number of urea groups is 1. The molecular weight excluding hydrogens is 262 g/mol. The van der Waals surface area contributed by atoms with Crippen LogP contribution in [-0.4, -0.2) is 68.9 Å². The van der Waals surface area contributed by atoms with Crippen molar-refractivity contribution in [3.05, 3.63) is 24.3 Å². The predicted octanol–water partition coefficient (Wildman–Crippen LogP) is 0.159. The van der Waals surface area contributed by atoms with Crippen LogP contribution in [0.15, 0.2) is 24.3 Å². The number of hydrogen-bond acceptors (Lipinski definition) is 4. The van der Waals surface area contributed by atoms with Crippen LogP contribution >= 0.6 is 0 Å². The Hall–Kier alpha value is -1.86. The summed E-state index contributed by atoms with van der Waals surface area (Å²) < 4.78 is 4.25. The summed E-state index contributed by atoms with van der Waals surface area (Å²) in [7, 11) is 4.82. The molecule has 1 saturated heterocycles. The zero-order valence-electron chi connectivity index (χ0n) is 12.1. The van der Waals surface area contributed by atoms with Crippen molar-refractivity contribution >= 4 is 11.9 Å². The molecule has 20 heavy (non-hydrogen) atoms. The molecule has 1 fully saturated rings. The molecule has 112 valence electrons. The molecule has 1 N–H and O–H groups in total. The molecule has 2 bridgehead atoms. The average Bonchev–Trinajstić information content (AvgIpc) is 2.69. The summed E-state index contributed by atoms with van der Waals surface area (Å²) >= 11 is 0. The Morgan fingerprint density at radius 1 is 1.60 bits per heavy atom. The predicted molar refractivity (Wildman–Crippen MR) is 73.8 cm³/mol. The minimum absolute atomic E-state index is 0.170. The maximum atomic E-state index is 11.9. The lowest BCUT2D eigenvalue weighted by molar-refractivity contribution is -0.124. The van der Waals surface area contributed by atoms with Gasteiger partial charge in [0, 0.05) is 33.4 Å². The largest absolute Gasteiger partial charge is 0.388 e. The highest BCUT2D eigenvalue weighted by atomic mass is 16.7. The van der Waals surface area contributed by atoms with Crippen LogP contribution in [0, 0.1) is 0 Å². The first-order valence-corrected chi connectivity index (χ1v) is 6.24. The number of likely N-dealkylation sites (N-methyl/N-ethyl adjacent to an activating group) is 1. The second-order valence-corrected chi connectivity index (χ2v) is 4.26. The minimum Gasteiger partial charge on any atom is -0.388 e. The molecule has 0 spiro atoms. The Labute approximate surface area is 118 Å². The lowest BCUT2D eigenvalue weighted by Gasteiger charge is -2.23. The van der Waals surface area contributed by atoms with Crippen LogP contribution in [0.3, 0.4) is 0 Å². The van der Waals surface area contributed by atoms with E-state index >= 15 is 0 Å². The summed E-state index contributed by atoms with van der Waals surface area (Å²) in [6, 6.07) is -0.525. The van der Waals surface area contributed by atoms with Crippen molar-refractivity contribution in [1.29, 1.82) is 0 Å². The van der Waals surface area contributed by atoms with Crippen LogP contribution in [0.1, 0.15) is 0 Å². The maximum absolute atomic E-state index is 11.9. The number of nitrogens with one attached hydrogen (secondary N) is 1. The van der Waals surface area contributed by atoms with E-state index < -0.39 is 0 Å². The van der Waals surface area contributed by atoms with Crippen LogP contribution in [0.2, 0.25) is 0 Å². The minimum atomic E-state index is -0.323. The summed E-state index contributed by atoms with van der Waals surface area (Å²) in [5.41, 5.74) is 0.582. The van der Waals surface area contributed by atoms with Crippen molar-refractivity contribution in [2.75, 3.05) is 41.0 Å². The first-order chi connectivity index (χ1) is 9.60. The van der Waals surface area contributed by atoms with Crippen molar-refractivity contribution in [2.24, 2.45) is 0 Å². The third kappa shape index (κ3) is 3.37. The van der Waals surface area contributed by atoms with Gasteiger partial charge in [0.15, 0.2) is 0 Å². The molecule has 0 aromatic heterocycles. The van der Waals surface area contributed by atoms with Gasteiger partial charge in [0.05, 0.1) is 13.2 Å². The molecule has 0 aromatic rings. The lowest BCUT2D eigenvalue weighted by atomic mass is 10.0. The van der Waals surface area contributed by atoms with Gasteiger partial charge in [-0.05, 0) is 0 Å². The van der Waals surface area contributed by atoms with Crippen molar-refractivity contribution < 1.29 is 19.2 Å². The van der Waals surface area contributed by atoms with E-state index in [9.17, 15) is 9.59 Å². The second kappa shape index (κ2) is 7.66. The number of fused-ring (bicyclic) bond motifs is 2. The number of hydrogen-bond donors (Lipinski definition) is 1. The molecule has 2 rings (SSSR count). The van der Waals surface area contributed by atoms with Crippen LogP contribution in [-0.2, 0) is 14.4 Å². The number of nitrogens with zero attached hydrogens (tertiary/aromatic N) is 2. The molecular formula is C13H21N3O4. The SMILES string of the molecule is C=CCON1C(=O)N2CC=C(C(=O)NC)C1C2.COC. The number of methoxy groups -OCH3 is 1. The molecule has 0 aromatic carbocycles. The van der Waals surface area contributed by atoms with Gasteiger partial charge in [0.1, 0.15) is 6.04 Å². The van der Waals surface area contributed by atoms with Crippen molar-refractivity contribution in [2.45, 2.75) is 6.04 Å². The monoisotopic (exact) mass is 283 g/mol. The second-order valence-electron chi connectivity index (χ2n) is 4.26. The van der Waals surface area contributed by atoms with E-state index in [1.165, 1.54) is 5.06 Å². The Bertz CT molecular complexity index is 408. The third-order valence-corrected chi connectivity index (χ3v) is 2.85. The number of rotatable bonds is 4. The van der Waals surface area contributed by atoms with Crippen molar-refractivity contribution in [3.8, 4) is 0 Å². The van der Waals surface area contributed by atoms with Gasteiger partial charge in [0.25, 0.3) is 0 Å². The zero-order chi connectivity index (χ0) is 15.1. The lowest BCUT2D eigenvalue weighted by Crippen LogP contribution is -2.39. The Kier molecular flexibility index (Phi) is 6.20. The summed E-state index contributed by atoms with van der Waals surface area (Å²) in [6.45, 7) is 4.72. The smallest absolute Gasteiger partial charge is 0.344 e. The number of amides is 3. The normalized spacial score (nSPS) is 20.1. The molecule has 2 aliphatic heterocycles. The highest BCUT2D eigenvalue weighted by molar-refractivity contribution is 5.96. The fourth-order valence-electron chi connectivity index (χ4n) is 2.02. The molecule has 2 heterocycles. The van der Waals surface area contributed by atoms with Crippen LogP contribution in [0.25, 0.3) is 0 Å². The highest BCUT2D eigenvalue weighted by Gasteiger charge is 2.44. The van der Waals surface area contributed by atoms with E-state index in [2.05, 4.69) is 16.6 Å². The standard InChI is InChI=1S/C11H15N3O3.C2H6O/c1-3-6-17-14-9-7-13(11(14)16)5-4-8(9)10(15)12-2;1-3-2/h3-4,9H,1,5-7H2,2H3,(H,12,15);1-2H3. The summed E-state index contributed by atoms with van der Waals surface area (Å²) in [5.74, 6) is -0.170. The topological polar surface area (TPSA) is 71.1 Å². The van der Waals surface area contributed by atoms with Gasteiger partial charge in [-0.1, -0.05) is 12.2 Å². The first kappa shape index (κ1) is 16.2. The van der Waals surface area contributed by atoms with Crippen LogP contribution < -0.4 is 5.32 Å². The molecule has 0 radical (unpaired) electrons. The van der Waals surface area contributed by atoms with Gasteiger partial charge in [-0.2, -0.15) is 5.06 Å². The molecule has 1 atom stereocenters. The quantitative estimate of drug-likeness (QED) is 0.746. The molecule has 7 heteroatoms. The summed E-state index contributed by atoms with van der Waals surface area (Å²) in [6.07, 6.45) is 3.33. The van der Waals surface area contributed by atoms with E-state index in [4.69, 9.17) is 4.84 Å². The average molecular weight is 283 g/mol. The van der Waals surface area contributed by atoms with Crippen molar-refractivity contribution in [1.82, 2.24) is 15.3 Å². The molecule has 0 aliphatic carbocycles. The van der Waals surface area contributed by atoms with E-state index in [1.54, 1.807) is 38.3 Å². The van der Waals surface area contributed by atoms with Crippen molar-refractivity contribution in [3.63, 3.8) is 0 Å². The van der Waals surface area contributed by atoms with Gasteiger partial charge < -0.3 is 15.0 Å². The number of ether oxygens (including phenoxy) is 1. The molecule has 3 amide bonds. The third-order valence-electron chi connectivity index (χ3n) is 2.85. The van der Waals surface area contributed by atoms with Gasteiger partial charge in [-0.15, -0.1) is 6.58 Å². The Morgan fingerprint density at radius 2 is 2.25 bits per heavy atom. The molecule has 2 aliphatic rings. The van der Waals surface area contributed by atoms with E-state index in [-0.39, 0.29) is 24.6 Å². The van der Waals surface area contributed by atoms with E-state index in [1.807, 2.05) is 0 Å². The van der Waals surface area contributed by atoms with Gasteiger partial charge in [0.2, 0.25) is 5.91 Å². The number of carbonyl (C=O) groups is 2. The highest BCUT2D eigenvalue weighted by Crippen LogP contribution is 2.26. The maximum Gasteiger partial charge on any atom is 0.344 e. The Balaban J connectivity index is 0.000000612. The summed E-state index contributed by atoms with van der Waals surface area (Å²) in [5, 5.41) is 3.83. The molecule has 7 nitrogen and oxygen atoms in total. The number of carbonyl (C=O) groups excluding carboxylic acids is 2. The van der Waals surface area contributed by atoms with Gasteiger partial charge >= 0.3 is 6.03 Å². The van der Waals surface area contributed by atoms with Crippen LogP contribution in [0.5, 0.6) is 0 Å². The van der Waals surface area contributed by atoms with Crippen LogP contribution in [0.4, 0.5) is 4.79 Å². The Morgan fingerprint density at radius 3 is 2.80 bits per heavy atom.